The van der Waals surface area contributed by atoms with Crippen molar-refractivity contribution in [2.45, 2.75) is 32.9 Å². The lowest BCUT2D eigenvalue weighted by Crippen LogP contribution is -2.39. The molecule has 33 heavy (non-hydrogen) atoms. The largest absolute Gasteiger partial charge is 0.497 e. The molecule has 2 N–H and O–H groups in total. The van der Waals surface area contributed by atoms with Crippen LogP contribution in [0.1, 0.15) is 25.2 Å². The number of hydrogen-bond acceptors (Lipinski definition) is 4. The molecule has 0 aliphatic rings. The van der Waals surface area contributed by atoms with Gasteiger partial charge in [-0.2, -0.15) is 0 Å². The molecule has 3 aromatic rings. The lowest BCUT2D eigenvalue weighted by Gasteiger charge is -2.16. The summed E-state index contributed by atoms with van der Waals surface area (Å²) < 4.78 is 13.4. The number of rotatable bonds is 11. The van der Waals surface area contributed by atoms with E-state index < -0.39 is 0 Å². The van der Waals surface area contributed by atoms with Gasteiger partial charge < -0.3 is 24.7 Å². The number of methoxy groups -OCH3 is 1. The molecular formula is C25H34IN5O2. The second-order valence-electron chi connectivity index (χ2n) is 7.46. The van der Waals surface area contributed by atoms with E-state index in [1.165, 1.54) is 5.56 Å². The van der Waals surface area contributed by atoms with Gasteiger partial charge >= 0.3 is 0 Å². The van der Waals surface area contributed by atoms with E-state index in [2.05, 4.69) is 56.4 Å². The Hall–Kier alpha value is -2.75. The van der Waals surface area contributed by atoms with Crippen LogP contribution >= 0.6 is 24.0 Å². The number of aromatic nitrogens is 2. The van der Waals surface area contributed by atoms with Crippen molar-refractivity contribution in [3.8, 4) is 11.5 Å². The molecule has 7 nitrogen and oxygen atoms in total. The van der Waals surface area contributed by atoms with Crippen molar-refractivity contribution in [3.63, 3.8) is 0 Å². The normalized spacial score (nSPS) is 11.9. The van der Waals surface area contributed by atoms with Gasteiger partial charge in [-0.1, -0.05) is 36.4 Å². The highest BCUT2D eigenvalue weighted by molar-refractivity contribution is 14.0. The van der Waals surface area contributed by atoms with Crippen molar-refractivity contribution >= 4 is 29.9 Å². The summed E-state index contributed by atoms with van der Waals surface area (Å²) >= 11 is 0. The molecule has 3 rings (SSSR count). The van der Waals surface area contributed by atoms with Crippen LogP contribution in [0.4, 0.5) is 0 Å². The van der Waals surface area contributed by atoms with E-state index >= 15 is 0 Å². The molecule has 0 spiro atoms. The van der Waals surface area contributed by atoms with Crippen LogP contribution in [0, 0.1) is 0 Å². The van der Waals surface area contributed by atoms with Crippen molar-refractivity contribution in [1.29, 1.82) is 0 Å². The van der Waals surface area contributed by atoms with Gasteiger partial charge in [0.05, 0.1) is 13.7 Å². The summed E-state index contributed by atoms with van der Waals surface area (Å²) in [6.07, 6.45) is 4.62. The third-order valence-electron chi connectivity index (χ3n) is 4.87. The van der Waals surface area contributed by atoms with E-state index in [9.17, 15) is 0 Å². The van der Waals surface area contributed by atoms with Crippen LogP contribution < -0.4 is 20.1 Å². The highest BCUT2D eigenvalue weighted by Crippen LogP contribution is 2.19. The maximum Gasteiger partial charge on any atom is 0.191 e. The van der Waals surface area contributed by atoms with E-state index in [4.69, 9.17) is 9.47 Å². The van der Waals surface area contributed by atoms with Gasteiger partial charge in [0, 0.05) is 44.5 Å². The molecule has 1 aromatic heterocycles. The minimum atomic E-state index is -0.0673. The highest BCUT2D eigenvalue weighted by Gasteiger charge is 2.07. The number of nitrogens with zero attached hydrogens (tertiary/aromatic N) is 3. The average molecular weight is 563 g/mol. The fraction of sp³-hybridized carbons (Fsp3) is 0.360. The summed E-state index contributed by atoms with van der Waals surface area (Å²) in [6.45, 7) is 6.95. The molecule has 1 heterocycles. The Morgan fingerprint density at radius 3 is 2.64 bits per heavy atom. The molecule has 2 aromatic carbocycles. The van der Waals surface area contributed by atoms with Gasteiger partial charge in [0.15, 0.2) is 5.96 Å². The molecule has 0 saturated heterocycles. The maximum atomic E-state index is 5.97. The van der Waals surface area contributed by atoms with Gasteiger partial charge in [0.2, 0.25) is 0 Å². The zero-order valence-electron chi connectivity index (χ0n) is 19.5. The topological polar surface area (TPSA) is 72.7 Å². The van der Waals surface area contributed by atoms with E-state index in [1.807, 2.05) is 49.6 Å². The minimum Gasteiger partial charge on any atom is -0.497 e. The van der Waals surface area contributed by atoms with Crippen LogP contribution in [-0.2, 0) is 13.0 Å². The Balaban J connectivity index is 0.00000385. The molecule has 0 saturated carbocycles. The SMILES string of the molecule is CCNC(=NCC(C)Oc1cccc(OC)c1)NCCc1nccn1Cc1ccccc1.I. The third-order valence-corrected chi connectivity index (χ3v) is 4.87. The van der Waals surface area contributed by atoms with E-state index in [0.29, 0.717) is 6.54 Å². The van der Waals surface area contributed by atoms with Crippen LogP contribution in [0.5, 0.6) is 11.5 Å². The number of imidazole rings is 1. The first-order valence-electron chi connectivity index (χ1n) is 11.0. The predicted octanol–water partition coefficient (Wildman–Crippen LogP) is 4.12. The molecule has 0 amide bonds. The number of aliphatic imine (C=N–C) groups is 1. The molecule has 1 unspecified atom stereocenters. The molecule has 0 radical (unpaired) electrons. The van der Waals surface area contributed by atoms with Crippen molar-refractivity contribution < 1.29 is 9.47 Å². The maximum absolute atomic E-state index is 5.97. The zero-order chi connectivity index (χ0) is 22.6. The van der Waals surface area contributed by atoms with Crippen LogP contribution in [0.25, 0.3) is 0 Å². The molecule has 1 atom stereocenters. The van der Waals surface area contributed by atoms with Gasteiger partial charge in [0.1, 0.15) is 23.4 Å². The lowest BCUT2D eigenvalue weighted by atomic mass is 10.2. The molecule has 0 bridgehead atoms. The Labute approximate surface area is 213 Å². The first-order chi connectivity index (χ1) is 15.7. The number of guanidine groups is 1. The van der Waals surface area contributed by atoms with Crippen LogP contribution in [-0.4, -0.2) is 48.4 Å². The molecular weight excluding hydrogens is 529 g/mol. The summed E-state index contributed by atoms with van der Waals surface area (Å²) in [7, 11) is 1.65. The number of benzene rings is 2. The smallest absolute Gasteiger partial charge is 0.191 e. The first kappa shape index (κ1) is 26.5. The van der Waals surface area contributed by atoms with Gasteiger partial charge in [-0.25, -0.2) is 9.98 Å². The molecule has 8 heteroatoms. The zero-order valence-corrected chi connectivity index (χ0v) is 21.9. The number of halogens is 1. The monoisotopic (exact) mass is 563 g/mol. The summed E-state index contributed by atoms with van der Waals surface area (Å²) in [4.78, 5) is 9.19. The number of hydrogen-bond donors (Lipinski definition) is 2. The van der Waals surface area contributed by atoms with E-state index in [1.54, 1.807) is 7.11 Å². The van der Waals surface area contributed by atoms with Crippen molar-refractivity contribution in [2.24, 2.45) is 4.99 Å². The Morgan fingerprint density at radius 1 is 1.09 bits per heavy atom. The summed E-state index contributed by atoms with van der Waals surface area (Å²) in [5, 5.41) is 6.69. The number of ether oxygens (including phenoxy) is 2. The Morgan fingerprint density at radius 2 is 1.88 bits per heavy atom. The quantitative estimate of drug-likeness (QED) is 0.209. The first-order valence-corrected chi connectivity index (χ1v) is 11.0. The summed E-state index contributed by atoms with van der Waals surface area (Å²) in [5.74, 6) is 3.37. The number of nitrogens with one attached hydrogen (secondary N) is 2. The van der Waals surface area contributed by atoms with Gasteiger partial charge in [-0.3, -0.25) is 0 Å². The van der Waals surface area contributed by atoms with Gasteiger partial charge in [-0.05, 0) is 31.5 Å². The van der Waals surface area contributed by atoms with E-state index in [0.717, 1.165) is 49.3 Å². The minimum absolute atomic E-state index is 0. The standard InChI is InChI=1S/C25H33N5O2.HI/c1-4-26-25(29-18-20(2)32-23-12-8-11-22(17-23)31-3)28-14-13-24-27-15-16-30(24)19-21-9-6-5-7-10-21;/h5-12,15-17,20H,4,13-14,18-19H2,1-3H3,(H2,26,28,29);1H. The second-order valence-corrected chi connectivity index (χ2v) is 7.46. The second kappa shape index (κ2) is 14.4. The molecule has 0 aliphatic heterocycles. The van der Waals surface area contributed by atoms with Gasteiger partial charge in [0.25, 0.3) is 0 Å². The van der Waals surface area contributed by atoms with Gasteiger partial charge in [-0.15, -0.1) is 24.0 Å². The average Bonchev–Trinajstić information content (AvgIpc) is 3.25. The fourth-order valence-corrected chi connectivity index (χ4v) is 3.29. The summed E-state index contributed by atoms with van der Waals surface area (Å²) in [5.41, 5.74) is 1.26. The fourth-order valence-electron chi connectivity index (χ4n) is 3.29. The van der Waals surface area contributed by atoms with Crippen molar-refractivity contribution in [3.05, 3.63) is 78.4 Å². The molecule has 178 valence electrons. The highest BCUT2D eigenvalue weighted by atomic mass is 127. The third kappa shape index (κ3) is 8.95. The van der Waals surface area contributed by atoms with E-state index in [-0.39, 0.29) is 30.1 Å². The predicted molar refractivity (Wildman–Crippen MR) is 144 cm³/mol. The molecule has 0 fully saturated rings. The lowest BCUT2D eigenvalue weighted by molar-refractivity contribution is 0.229. The Bertz CT molecular complexity index is 978. The Kier molecular flexibility index (Phi) is 11.6. The van der Waals surface area contributed by atoms with Crippen LogP contribution in [0.15, 0.2) is 72.0 Å². The molecule has 0 aliphatic carbocycles. The van der Waals surface area contributed by atoms with Crippen LogP contribution in [0.2, 0.25) is 0 Å². The van der Waals surface area contributed by atoms with Crippen LogP contribution in [0.3, 0.4) is 0 Å². The van der Waals surface area contributed by atoms with Crippen molar-refractivity contribution in [1.82, 2.24) is 20.2 Å². The summed E-state index contributed by atoms with van der Waals surface area (Å²) in [6, 6.07) is 18.0. The van der Waals surface area contributed by atoms with Crippen molar-refractivity contribution in [2.75, 3.05) is 26.7 Å².